The van der Waals surface area contributed by atoms with Crippen LogP contribution in [0.4, 0.5) is 4.39 Å². The van der Waals surface area contributed by atoms with Gasteiger partial charge in [-0.3, -0.25) is 11.3 Å². The zero-order valence-electron chi connectivity index (χ0n) is 12.0. The molecule has 112 valence electrons. The van der Waals surface area contributed by atoms with Crippen molar-refractivity contribution < 1.29 is 9.13 Å². The lowest BCUT2D eigenvalue weighted by molar-refractivity contribution is 0.405. The molecule has 0 fully saturated rings. The molecule has 0 radical (unpaired) electrons. The molecule has 0 aliphatic carbocycles. The Morgan fingerprint density at radius 3 is 2.71 bits per heavy atom. The van der Waals surface area contributed by atoms with Crippen molar-refractivity contribution in [1.29, 1.82) is 0 Å². The Morgan fingerprint density at radius 1 is 1.29 bits per heavy atom. The molecule has 0 saturated heterocycles. The van der Waals surface area contributed by atoms with E-state index in [-0.39, 0.29) is 11.9 Å². The van der Waals surface area contributed by atoms with Crippen molar-refractivity contribution in [2.75, 3.05) is 7.11 Å². The maximum Gasteiger partial charge on any atom is 0.123 e. The highest BCUT2D eigenvalue weighted by Crippen LogP contribution is 2.30. The molecule has 2 aromatic rings. The Labute approximate surface area is 132 Å². The molecular weight excluding hydrogens is 335 g/mol. The summed E-state index contributed by atoms with van der Waals surface area (Å²) in [5.41, 5.74) is 5.70. The normalized spacial score (nSPS) is 12.2. The molecule has 1 atom stereocenters. The average molecular weight is 353 g/mol. The van der Waals surface area contributed by atoms with Gasteiger partial charge in [0.05, 0.1) is 13.2 Å². The predicted octanol–water partition coefficient (Wildman–Crippen LogP) is 3.65. The maximum absolute atomic E-state index is 13.5. The van der Waals surface area contributed by atoms with Gasteiger partial charge in [-0.2, -0.15) is 0 Å². The van der Waals surface area contributed by atoms with E-state index < -0.39 is 0 Å². The number of aryl methyl sites for hydroxylation is 1. The second-order valence-corrected chi connectivity index (χ2v) is 5.76. The summed E-state index contributed by atoms with van der Waals surface area (Å²) in [7, 11) is 1.64. The standard InChI is InChI=1S/C16H18BrFN2O/c1-10-3-6-16(21-2)11(7-10)8-15(20-19)13-9-12(18)4-5-14(13)17/h3-7,9,15,20H,8,19H2,1-2H3. The Balaban J connectivity index is 2.35. The van der Waals surface area contributed by atoms with Crippen molar-refractivity contribution in [2.45, 2.75) is 19.4 Å². The van der Waals surface area contributed by atoms with E-state index in [0.717, 1.165) is 26.9 Å². The summed E-state index contributed by atoms with van der Waals surface area (Å²) in [5, 5.41) is 0. The van der Waals surface area contributed by atoms with Crippen LogP contribution in [-0.2, 0) is 6.42 Å². The maximum atomic E-state index is 13.5. The van der Waals surface area contributed by atoms with Crippen molar-refractivity contribution in [3.63, 3.8) is 0 Å². The van der Waals surface area contributed by atoms with Crippen LogP contribution in [-0.4, -0.2) is 7.11 Å². The number of ether oxygens (including phenoxy) is 1. The number of hydrogen-bond donors (Lipinski definition) is 2. The molecule has 0 saturated carbocycles. The minimum Gasteiger partial charge on any atom is -0.496 e. The molecule has 3 nitrogen and oxygen atoms in total. The summed E-state index contributed by atoms with van der Waals surface area (Å²) in [4.78, 5) is 0. The van der Waals surface area contributed by atoms with Crippen LogP contribution in [0.2, 0.25) is 0 Å². The van der Waals surface area contributed by atoms with Crippen LogP contribution in [0.25, 0.3) is 0 Å². The predicted molar refractivity (Wildman–Crippen MR) is 85.6 cm³/mol. The van der Waals surface area contributed by atoms with Gasteiger partial charge in [-0.1, -0.05) is 33.6 Å². The third kappa shape index (κ3) is 3.81. The van der Waals surface area contributed by atoms with Crippen LogP contribution < -0.4 is 16.0 Å². The first-order valence-electron chi connectivity index (χ1n) is 6.59. The molecule has 2 rings (SSSR count). The summed E-state index contributed by atoms with van der Waals surface area (Å²) in [6.07, 6.45) is 0.601. The molecule has 3 N–H and O–H groups in total. The molecule has 0 aliphatic heterocycles. The molecule has 0 heterocycles. The second kappa shape index (κ2) is 7.02. The number of halogens is 2. The van der Waals surface area contributed by atoms with Gasteiger partial charge in [-0.15, -0.1) is 0 Å². The quantitative estimate of drug-likeness (QED) is 0.637. The van der Waals surface area contributed by atoms with Gasteiger partial charge in [-0.05, 0) is 48.7 Å². The first-order valence-corrected chi connectivity index (χ1v) is 7.39. The minimum absolute atomic E-state index is 0.217. The molecule has 1 unspecified atom stereocenters. The second-order valence-electron chi connectivity index (χ2n) is 4.90. The fourth-order valence-corrected chi connectivity index (χ4v) is 2.85. The van der Waals surface area contributed by atoms with Gasteiger partial charge < -0.3 is 4.74 Å². The number of benzene rings is 2. The molecule has 0 aliphatic rings. The zero-order valence-corrected chi connectivity index (χ0v) is 13.6. The lowest BCUT2D eigenvalue weighted by Crippen LogP contribution is -2.30. The summed E-state index contributed by atoms with van der Waals surface area (Å²) in [5.74, 6) is 6.18. The molecule has 0 aromatic heterocycles. The van der Waals surface area contributed by atoms with Crippen LogP contribution in [0.15, 0.2) is 40.9 Å². The lowest BCUT2D eigenvalue weighted by Gasteiger charge is -2.20. The highest BCUT2D eigenvalue weighted by molar-refractivity contribution is 9.10. The van der Waals surface area contributed by atoms with Gasteiger partial charge in [0, 0.05) is 4.47 Å². The fraction of sp³-hybridized carbons (Fsp3) is 0.250. The lowest BCUT2D eigenvalue weighted by atomic mass is 9.97. The third-order valence-corrected chi connectivity index (χ3v) is 4.12. The van der Waals surface area contributed by atoms with Crippen molar-refractivity contribution in [1.82, 2.24) is 5.43 Å². The number of nitrogens with one attached hydrogen (secondary N) is 1. The van der Waals surface area contributed by atoms with Crippen molar-refractivity contribution >= 4 is 15.9 Å². The van der Waals surface area contributed by atoms with Crippen molar-refractivity contribution in [3.05, 3.63) is 63.4 Å². The largest absolute Gasteiger partial charge is 0.496 e. The van der Waals surface area contributed by atoms with Crippen LogP contribution in [0.5, 0.6) is 5.75 Å². The number of methoxy groups -OCH3 is 1. The Bertz CT molecular complexity index is 634. The number of nitrogens with two attached hydrogens (primary N) is 1. The van der Waals surface area contributed by atoms with Gasteiger partial charge in [0.1, 0.15) is 11.6 Å². The molecule has 21 heavy (non-hydrogen) atoms. The summed E-state index contributed by atoms with van der Waals surface area (Å²) >= 11 is 3.44. The van der Waals surface area contributed by atoms with Crippen LogP contribution >= 0.6 is 15.9 Å². The molecule has 2 aromatic carbocycles. The Hall–Kier alpha value is -1.43. The molecular formula is C16H18BrFN2O. The van der Waals surface area contributed by atoms with E-state index in [9.17, 15) is 4.39 Å². The van der Waals surface area contributed by atoms with E-state index in [1.807, 2.05) is 19.1 Å². The van der Waals surface area contributed by atoms with E-state index in [0.29, 0.717) is 6.42 Å². The minimum atomic E-state index is -0.287. The van der Waals surface area contributed by atoms with E-state index in [2.05, 4.69) is 27.4 Å². The van der Waals surface area contributed by atoms with Crippen LogP contribution in [0.1, 0.15) is 22.7 Å². The van der Waals surface area contributed by atoms with Crippen LogP contribution in [0.3, 0.4) is 0 Å². The van der Waals surface area contributed by atoms with E-state index in [1.165, 1.54) is 12.1 Å². The zero-order chi connectivity index (χ0) is 15.4. The van der Waals surface area contributed by atoms with Gasteiger partial charge in [0.15, 0.2) is 0 Å². The van der Waals surface area contributed by atoms with Crippen molar-refractivity contribution in [3.8, 4) is 5.75 Å². The van der Waals surface area contributed by atoms with Crippen molar-refractivity contribution in [2.24, 2.45) is 5.84 Å². The van der Waals surface area contributed by atoms with Gasteiger partial charge in [-0.25, -0.2) is 4.39 Å². The highest BCUT2D eigenvalue weighted by Gasteiger charge is 2.17. The van der Waals surface area contributed by atoms with E-state index in [4.69, 9.17) is 10.6 Å². The third-order valence-electron chi connectivity index (χ3n) is 3.39. The van der Waals surface area contributed by atoms with Crippen LogP contribution in [0, 0.1) is 12.7 Å². The SMILES string of the molecule is COc1ccc(C)cc1CC(NN)c1cc(F)ccc1Br. The average Bonchev–Trinajstić information content (AvgIpc) is 2.47. The van der Waals surface area contributed by atoms with E-state index in [1.54, 1.807) is 13.2 Å². The number of hydrazine groups is 1. The van der Waals surface area contributed by atoms with Gasteiger partial charge in [0.25, 0.3) is 0 Å². The first-order chi connectivity index (χ1) is 10.0. The Morgan fingerprint density at radius 2 is 2.05 bits per heavy atom. The van der Waals surface area contributed by atoms with Gasteiger partial charge >= 0.3 is 0 Å². The first kappa shape index (κ1) is 15.9. The number of rotatable bonds is 5. The molecule has 5 heteroatoms. The molecule has 0 bridgehead atoms. The summed E-state index contributed by atoms with van der Waals surface area (Å²) in [6.45, 7) is 2.02. The molecule has 0 amide bonds. The topological polar surface area (TPSA) is 47.3 Å². The Kier molecular flexibility index (Phi) is 5.33. The monoisotopic (exact) mass is 352 g/mol. The van der Waals surface area contributed by atoms with E-state index >= 15 is 0 Å². The molecule has 0 spiro atoms. The summed E-state index contributed by atoms with van der Waals surface area (Å²) < 4.78 is 19.7. The summed E-state index contributed by atoms with van der Waals surface area (Å²) in [6, 6.07) is 10.3. The highest BCUT2D eigenvalue weighted by atomic mass is 79.9. The number of hydrogen-bond acceptors (Lipinski definition) is 3. The van der Waals surface area contributed by atoms with Gasteiger partial charge in [0.2, 0.25) is 0 Å². The fourth-order valence-electron chi connectivity index (χ4n) is 2.33. The smallest absolute Gasteiger partial charge is 0.123 e.